The number of hydrogen-bond acceptors (Lipinski definition) is 1. The predicted octanol–water partition coefficient (Wildman–Crippen LogP) is 3.79. The lowest BCUT2D eigenvalue weighted by Gasteiger charge is -2.28. The molecule has 0 aliphatic rings. The fraction of sp³-hybridized carbons (Fsp3) is 1.00. The highest BCUT2D eigenvalue weighted by Gasteiger charge is 2.34. The Morgan fingerprint density at radius 3 is 0.900 bits per heavy atom. The zero-order chi connectivity index (χ0) is 13.0. The normalized spacial score (nSPS) is 10.2. The second-order valence-electron chi connectivity index (χ2n) is 5.65. The van der Waals surface area contributed by atoms with Gasteiger partial charge in [0.15, 0.2) is 0 Å². The number of hydrogen-bond donors (Lipinski definition) is 1. The lowest BCUT2D eigenvalue weighted by atomic mass is 10.4. The Balaban J connectivity index is -0.000000427. The molecule has 0 rings (SSSR count). The lowest BCUT2D eigenvalue weighted by molar-refractivity contribution is -0.00000466. The first-order valence-corrected chi connectivity index (χ1v) is 10.6. The highest BCUT2D eigenvalue weighted by Crippen LogP contribution is 2.61. The van der Waals surface area contributed by atoms with E-state index in [9.17, 15) is 0 Å². The Morgan fingerprint density at radius 1 is 0.550 bits per heavy atom. The van der Waals surface area contributed by atoms with Gasteiger partial charge in [-0.2, -0.15) is 0 Å². The van der Waals surface area contributed by atoms with Gasteiger partial charge in [0, 0.05) is 7.26 Å². The highest BCUT2D eigenvalue weighted by molar-refractivity contribution is 7.75. The molecule has 0 saturated carbocycles. The zero-order valence-electron chi connectivity index (χ0n) is 14.4. The average molecular weight is 348 g/mol. The predicted molar refractivity (Wildman–Crippen MR) is 98.3 cm³/mol. The van der Waals surface area contributed by atoms with E-state index in [1.807, 2.05) is 0 Å². The summed E-state index contributed by atoms with van der Waals surface area (Å²) < 4.78 is 0. The first-order valence-electron chi connectivity index (χ1n) is 8.09. The van der Waals surface area contributed by atoms with E-state index < -0.39 is 7.26 Å². The topological polar surface area (TPSA) is 35.0 Å². The standard InChI is InChI=1S/C16H36P.2ClH.H3N/c1-5-9-13-17(14-10-6-2,15-11-7-3)16-12-8-4;;;/h5-16H2,1-4H3;2*1H;1H3/q+1;;;/p-1. The summed E-state index contributed by atoms with van der Waals surface area (Å²) in [6.07, 6.45) is 17.9. The van der Waals surface area contributed by atoms with Gasteiger partial charge in [-0.25, -0.2) is 0 Å². The third kappa shape index (κ3) is 13.9. The summed E-state index contributed by atoms with van der Waals surface area (Å²) in [7, 11) is -0.562. The summed E-state index contributed by atoms with van der Waals surface area (Å²) in [4.78, 5) is 0. The van der Waals surface area contributed by atoms with Gasteiger partial charge in [-0.3, -0.25) is 0 Å². The van der Waals surface area contributed by atoms with Crippen LogP contribution in [0.1, 0.15) is 79.1 Å². The van der Waals surface area contributed by atoms with E-state index in [1.54, 1.807) is 24.6 Å². The van der Waals surface area contributed by atoms with Crippen LogP contribution in [0.25, 0.3) is 0 Å². The molecular formula is C16H40Cl2NP. The van der Waals surface area contributed by atoms with Crippen LogP contribution in [-0.2, 0) is 0 Å². The molecule has 0 saturated heterocycles. The van der Waals surface area contributed by atoms with Crippen molar-refractivity contribution >= 4 is 19.7 Å². The van der Waals surface area contributed by atoms with Crippen molar-refractivity contribution in [2.24, 2.45) is 0 Å². The maximum absolute atomic E-state index is 2.36. The molecule has 0 aromatic carbocycles. The molecule has 1 nitrogen and oxygen atoms in total. The molecule has 0 aromatic rings. The smallest absolute Gasteiger partial charge is 0.0594 e. The molecule has 0 aromatic heterocycles. The zero-order valence-corrected chi connectivity index (χ0v) is 16.9. The summed E-state index contributed by atoms with van der Waals surface area (Å²) in [6.45, 7) is 9.42. The van der Waals surface area contributed by atoms with Crippen molar-refractivity contribution in [2.75, 3.05) is 24.6 Å². The molecule has 0 unspecified atom stereocenters. The molecule has 0 spiro atoms. The molecule has 4 heteroatoms. The Hall–Kier alpha value is 0.970. The molecule has 3 N–H and O–H groups in total. The second kappa shape index (κ2) is 20.0. The maximum atomic E-state index is 2.36. The van der Waals surface area contributed by atoms with Gasteiger partial charge >= 0.3 is 0 Å². The molecule has 20 heavy (non-hydrogen) atoms. The fourth-order valence-electron chi connectivity index (χ4n) is 2.64. The minimum Gasteiger partial charge on any atom is -1.00 e. The van der Waals surface area contributed by atoms with Crippen LogP contribution in [0.4, 0.5) is 0 Å². The number of unbranched alkanes of at least 4 members (excludes halogenated alkanes) is 4. The SMILES string of the molecule is CCCC[P+](CCCC)(CCCC)CCCC.Cl.N.[Cl-]. The molecule has 0 heterocycles. The van der Waals surface area contributed by atoms with Crippen LogP contribution in [0.2, 0.25) is 0 Å². The first-order chi connectivity index (χ1) is 8.24. The van der Waals surface area contributed by atoms with E-state index in [4.69, 9.17) is 0 Å². The summed E-state index contributed by atoms with van der Waals surface area (Å²) >= 11 is 0. The van der Waals surface area contributed by atoms with E-state index in [0.29, 0.717) is 0 Å². The summed E-state index contributed by atoms with van der Waals surface area (Å²) in [6, 6.07) is 0. The largest absolute Gasteiger partial charge is 1.00 e. The van der Waals surface area contributed by atoms with Crippen LogP contribution in [0, 0.1) is 0 Å². The average Bonchev–Trinajstić information content (AvgIpc) is 2.37. The lowest BCUT2D eigenvalue weighted by Crippen LogP contribution is -3.00. The van der Waals surface area contributed by atoms with E-state index in [2.05, 4.69) is 27.7 Å². The number of rotatable bonds is 12. The van der Waals surface area contributed by atoms with Crippen molar-refractivity contribution < 1.29 is 12.4 Å². The van der Waals surface area contributed by atoms with E-state index in [0.717, 1.165) is 0 Å². The van der Waals surface area contributed by atoms with E-state index in [1.165, 1.54) is 51.4 Å². The quantitative estimate of drug-likeness (QED) is 0.535. The van der Waals surface area contributed by atoms with E-state index in [-0.39, 0.29) is 31.0 Å². The molecule has 0 aliphatic carbocycles. The molecule has 0 atom stereocenters. The third-order valence-electron chi connectivity index (χ3n) is 3.94. The van der Waals surface area contributed by atoms with Gasteiger partial charge in [-0.1, -0.05) is 53.4 Å². The molecular weight excluding hydrogens is 308 g/mol. The van der Waals surface area contributed by atoms with Gasteiger partial charge in [-0.05, 0) is 25.7 Å². The van der Waals surface area contributed by atoms with Crippen molar-refractivity contribution in [1.29, 1.82) is 0 Å². The molecule has 0 amide bonds. The minimum absolute atomic E-state index is 0. The van der Waals surface area contributed by atoms with Crippen LogP contribution in [0.3, 0.4) is 0 Å². The fourth-order valence-corrected chi connectivity index (χ4v) is 7.93. The van der Waals surface area contributed by atoms with Crippen LogP contribution < -0.4 is 18.6 Å². The van der Waals surface area contributed by atoms with Gasteiger partial charge in [0.25, 0.3) is 0 Å². The van der Waals surface area contributed by atoms with Crippen LogP contribution in [-0.4, -0.2) is 24.6 Å². The minimum atomic E-state index is -0.562. The van der Waals surface area contributed by atoms with Crippen molar-refractivity contribution in [3.63, 3.8) is 0 Å². The van der Waals surface area contributed by atoms with Crippen molar-refractivity contribution in [3.8, 4) is 0 Å². The molecule has 0 radical (unpaired) electrons. The summed E-state index contributed by atoms with van der Waals surface area (Å²) in [5.74, 6) is 0. The molecule has 128 valence electrons. The third-order valence-corrected chi connectivity index (χ3v) is 9.00. The maximum Gasteiger partial charge on any atom is 0.0594 e. The number of halogens is 2. The van der Waals surface area contributed by atoms with Gasteiger partial charge in [0.2, 0.25) is 0 Å². The van der Waals surface area contributed by atoms with Gasteiger partial charge in [0.1, 0.15) is 0 Å². The Labute approximate surface area is 142 Å². The Kier molecular flexibility index (Phi) is 29.0. The highest BCUT2D eigenvalue weighted by atomic mass is 35.5. The Morgan fingerprint density at radius 2 is 0.750 bits per heavy atom. The van der Waals surface area contributed by atoms with Crippen LogP contribution in [0.5, 0.6) is 0 Å². The van der Waals surface area contributed by atoms with Gasteiger partial charge in [-0.15, -0.1) is 12.4 Å². The molecule has 0 aliphatic heterocycles. The first kappa shape index (κ1) is 29.0. The van der Waals surface area contributed by atoms with Gasteiger partial charge in [0.05, 0.1) is 24.6 Å². The van der Waals surface area contributed by atoms with Crippen molar-refractivity contribution in [2.45, 2.75) is 79.1 Å². The Bertz CT molecular complexity index is 131. The van der Waals surface area contributed by atoms with Crippen LogP contribution >= 0.6 is 19.7 Å². The van der Waals surface area contributed by atoms with Crippen molar-refractivity contribution in [1.82, 2.24) is 6.15 Å². The molecule has 0 fully saturated rings. The summed E-state index contributed by atoms with van der Waals surface area (Å²) in [5, 5.41) is 0. The van der Waals surface area contributed by atoms with Gasteiger partial charge < -0.3 is 18.6 Å². The molecule has 0 bridgehead atoms. The van der Waals surface area contributed by atoms with Crippen LogP contribution in [0.15, 0.2) is 0 Å². The van der Waals surface area contributed by atoms with E-state index >= 15 is 0 Å². The summed E-state index contributed by atoms with van der Waals surface area (Å²) in [5.41, 5.74) is 0. The monoisotopic (exact) mass is 347 g/mol. The van der Waals surface area contributed by atoms with Crippen molar-refractivity contribution in [3.05, 3.63) is 0 Å². The second-order valence-corrected chi connectivity index (χ2v) is 10.1.